The quantitative estimate of drug-likeness (QED) is 0.540. The van der Waals surface area contributed by atoms with E-state index >= 15 is 0 Å². The molecule has 1 aliphatic rings. The molecule has 8 nitrogen and oxygen atoms in total. The number of rotatable bonds is 4. The summed E-state index contributed by atoms with van der Waals surface area (Å²) in [6, 6.07) is 4.19. The van der Waals surface area contributed by atoms with E-state index < -0.39 is 0 Å². The third-order valence-corrected chi connectivity index (χ3v) is 6.17. The second-order valence-electron chi connectivity index (χ2n) is 6.95. The molecule has 0 aliphatic heterocycles. The Morgan fingerprint density at radius 2 is 2.00 bits per heavy atom. The van der Waals surface area contributed by atoms with Crippen LogP contribution in [0.5, 0.6) is 5.19 Å². The highest BCUT2D eigenvalue weighted by Crippen LogP contribution is 2.56. The van der Waals surface area contributed by atoms with Crippen molar-refractivity contribution in [1.82, 2.24) is 34.6 Å². The highest BCUT2D eigenvalue weighted by atomic mass is 32.1. The zero-order valence-electron chi connectivity index (χ0n) is 15.5. The van der Waals surface area contributed by atoms with E-state index in [0.29, 0.717) is 11.8 Å². The summed E-state index contributed by atoms with van der Waals surface area (Å²) in [5.74, 6) is 1.68. The molecule has 0 radical (unpaired) electrons. The third-order valence-electron chi connectivity index (χ3n) is 5.08. The minimum absolute atomic E-state index is 0.427. The van der Waals surface area contributed by atoms with Crippen molar-refractivity contribution in [3.63, 3.8) is 0 Å². The average Bonchev–Trinajstić information content (AvgIpc) is 2.98. The van der Waals surface area contributed by atoms with E-state index in [-0.39, 0.29) is 0 Å². The number of methoxy groups -OCH3 is 1. The number of aryl methyl sites for hydroxylation is 3. The monoisotopic (exact) mass is 381 g/mol. The van der Waals surface area contributed by atoms with E-state index in [1.807, 2.05) is 37.8 Å². The first-order chi connectivity index (χ1) is 13.0. The lowest BCUT2D eigenvalue weighted by molar-refractivity contribution is 0.412. The first-order valence-electron chi connectivity index (χ1n) is 8.79. The summed E-state index contributed by atoms with van der Waals surface area (Å²) in [5, 5.41) is 18.5. The molecule has 9 heteroatoms. The van der Waals surface area contributed by atoms with Crippen LogP contribution < -0.4 is 4.74 Å². The molecule has 5 rings (SSSR count). The van der Waals surface area contributed by atoms with Crippen LogP contribution in [0.2, 0.25) is 0 Å². The van der Waals surface area contributed by atoms with Gasteiger partial charge in [-0.1, -0.05) is 11.3 Å². The maximum absolute atomic E-state index is 5.21. The van der Waals surface area contributed by atoms with Gasteiger partial charge in [-0.05, 0) is 38.0 Å². The number of fused-ring (bicyclic) bond motifs is 1. The zero-order chi connectivity index (χ0) is 18.7. The fourth-order valence-corrected chi connectivity index (χ4v) is 4.44. The van der Waals surface area contributed by atoms with Gasteiger partial charge in [0, 0.05) is 30.0 Å². The molecule has 0 saturated heterocycles. The maximum atomic E-state index is 5.21. The summed E-state index contributed by atoms with van der Waals surface area (Å²) >= 11 is 1.62. The Kier molecular flexibility index (Phi) is 3.55. The van der Waals surface area contributed by atoms with Crippen molar-refractivity contribution in [1.29, 1.82) is 0 Å². The van der Waals surface area contributed by atoms with Gasteiger partial charge in [0.15, 0.2) is 11.5 Å². The predicted molar refractivity (Wildman–Crippen MR) is 101 cm³/mol. The maximum Gasteiger partial charge on any atom is 0.273 e. The molecule has 1 aliphatic carbocycles. The minimum Gasteiger partial charge on any atom is -0.473 e. The van der Waals surface area contributed by atoms with E-state index in [2.05, 4.69) is 21.2 Å². The van der Waals surface area contributed by atoms with Crippen LogP contribution in [-0.2, 0) is 7.05 Å². The van der Waals surface area contributed by atoms with Gasteiger partial charge in [-0.25, -0.2) is 4.98 Å². The predicted octanol–water partition coefficient (Wildman–Crippen LogP) is 2.88. The van der Waals surface area contributed by atoms with Gasteiger partial charge in [-0.3, -0.25) is 4.68 Å². The molecule has 4 aromatic rings. The topological polar surface area (TPSA) is 83.0 Å². The van der Waals surface area contributed by atoms with Crippen molar-refractivity contribution < 1.29 is 4.74 Å². The Hall–Kier alpha value is -2.81. The van der Waals surface area contributed by atoms with Gasteiger partial charge in [0.1, 0.15) is 5.69 Å². The fourth-order valence-electron chi connectivity index (χ4n) is 3.54. The van der Waals surface area contributed by atoms with Crippen molar-refractivity contribution in [3.8, 4) is 16.6 Å². The summed E-state index contributed by atoms with van der Waals surface area (Å²) in [5.41, 5.74) is 4.81. The molecule has 27 heavy (non-hydrogen) atoms. The van der Waals surface area contributed by atoms with Crippen molar-refractivity contribution in [2.45, 2.75) is 32.1 Å². The van der Waals surface area contributed by atoms with Crippen LogP contribution in [-0.4, -0.2) is 41.7 Å². The lowest BCUT2D eigenvalue weighted by atomic mass is 10.2. The largest absolute Gasteiger partial charge is 0.473 e. The molecule has 4 aromatic heterocycles. The summed E-state index contributed by atoms with van der Waals surface area (Å²) < 4.78 is 8.91. The first-order valence-corrected chi connectivity index (χ1v) is 9.60. The van der Waals surface area contributed by atoms with Crippen LogP contribution >= 0.6 is 11.3 Å². The fraction of sp³-hybridized carbons (Fsp3) is 0.389. The Morgan fingerprint density at radius 3 is 2.78 bits per heavy atom. The number of thiazole rings is 1. The van der Waals surface area contributed by atoms with Crippen LogP contribution in [0.1, 0.15) is 40.2 Å². The van der Waals surface area contributed by atoms with Gasteiger partial charge in [-0.2, -0.15) is 14.7 Å². The van der Waals surface area contributed by atoms with Gasteiger partial charge in [-0.15, -0.1) is 10.2 Å². The van der Waals surface area contributed by atoms with Gasteiger partial charge in [0.05, 0.1) is 18.5 Å². The highest BCUT2D eigenvalue weighted by molar-refractivity contribution is 7.13. The van der Waals surface area contributed by atoms with E-state index in [0.717, 1.165) is 45.7 Å². The second kappa shape index (κ2) is 5.85. The van der Waals surface area contributed by atoms with Crippen LogP contribution in [0.3, 0.4) is 0 Å². The number of ether oxygens (including phenoxy) is 1. The third kappa shape index (κ3) is 2.61. The second-order valence-corrected chi connectivity index (χ2v) is 7.98. The molecule has 2 unspecified atom stereocenters. The molecule has 0 N–H and O–H groups in total. The minimum atomic E-state index is 0.427. The lowest BCUT2D eigenvalue weighted by Gasteiger charge is -2.04. The van der Waals surface area contributed by atoms with Gasteiger partial charge in [0.25, 0.3) is 5.19 Å². The molecule has 2 atom stereocenters. The molecule has 0 bridgehead atoms. The van der Waals surface area contributed by atoms with Crippen LogP contribution in [0.15, 0.2) is 18.3 Å². The standard InChI is InChI=1S/C18H19N7OS/c1-9-5-14(23-25-10(2)20-21-17(9)25)15-7-13(22-24(15)3)11-6-12(11)16-8-19-18(26-4)27-16/h5,7-8,11-12H,6H2,1-4H3. The van der Waals surface area contributed by atoms with Gasteiger partial charge < -0.3 is 4.74 Å². The van der Waals surface area contributed by atoms with Crippen molar-refractivity contribution in [2.24, 2.45) is 7.05 Å². The van der Waals surface area contributed by atoms with Crippen LogP contribution in [0, 0.1) is 13.8 Å². The number of aromatic nitrogens is 7. The van der Waals surface area contributed by atoms with Gasteiger partial charge >= 0.3 is 0 Å². The van der Waals surface area contributed by atoms with Crippen LogP contribution in [0.25, 0.3) is 17.0 Å². The summed E-state index contributed by atoms with van der Waals surface area (Å²) in [6.45, 7) is 3.93. The molecular formula is C18H19N7OS. The van der Waals surface area contributed by atoms with Gasteiger partial charge in [0.2, 0.25) is 0 Å². The molecule has 138 valence electrons. The molecule has 0 aromatic carbocycles. The smallest absolute Gasteiger partial charge is 0.273 e. The van der Waals surface area contributed by atoms with Crippen molar-refractivity contribution in [3.05, 3.63) is 40.3 Å². The Balaban J connectivity index is 1.48. The summed E-state index contributed by atoms with van der Waals surface area (Å²) in [7, 11) is 3.62. The number of hydrogen-bond donors (Lipinski definition) is 0. The van der Waals surface area contributed by atoms with E-state index in [1.165, 1.54) is 4.88 Å². The molecule has 0 amide bonds. The Bertz CT molecular complexity index is 1160. The van der Waals surface area contributed by atoms with E-state index in [1.54, 1.807) is 23.0 Å². The summed E-state index contributed by atoms with van der Waals surface area (Å²) in [4.78, 5) is 5.55. The van der Waals surface area contributed by atoms with E-state index in [4.69, 9.17) is 14.9 Å². The molecule has 0 spiro atoms. The highest BCUT2D eigenvalue weighted by Gasteiger charge is 2.43. The van der Waals surface area contributed by atoms with Crippen LogP contribution in [0.4, 0.5) is 0 Å². The molecule has 4 heterocycles. The molecule has 1 saturated carbocycles. The van der Waals surface area contributed by atoms with Crippen molar-refractivity contribution in [2.75, 3.05) is 7.11 Å². The average molecular weight is 381 g/mol. The first kappa shape index (κ1) is 16.4. The lowest BCUT2D eigenvalue weighted by Crippen LogP contribution is -2.02. The number of nitrogens with zero attached hydrogens (tertiary/aromatic N) is 7. The normalized spacial score (nSPS) is 19.0. The zero-order valence-corrected chi connectivity index (χ0v) is 16.4. The van der Waals surface area contributed by atoms with E-state index in [9.17, 15) is 0 Å². The summed E-state index contributed by atoms with van der Waals surface area (Å²) in [6.07, 6.45) is 3.02. The number of hydrogen-bond acceptors (Lipinski definition) is 7. The van der Waals surface area contributed by atoms with Crippen molar-refractivity contribution >= 4 is 17.0 Å². The molecule has 1 fully saturated rings. The molecular weight excluding hydrogens is 362 g/mol. The SMILES string of the molecule is COc1ncc(C2CC2c2cc(-c3cc(C)c4nnc(C)n4n3)n(C)n2)s1. The Morgan fingerprint density at radius 1 is 1.15 bits per heavy atom. The Labute approximate surface area is 159 Å².